The molecule has 0 radical (unpaired) electrons. The highest BCUT2D eigenvalue weighted by Gasteiger charge is 2.34. The number of nitrogens with two attached hydrogens (primary N) is 1. The smallest absolute Gasteiger partial charge is 0.383 e. The summed E-state index contributed by atoms with van der Waals surface area (Å²) in [7, 11) is 1.98. The van der Waals surface area contributed by atoms with Crippen molar-refractivity contribution in [3.63, 3.8) is 0 Å². The van der Waals surface area contributed by atoms with Crippen LogP contribution in [0.15, 0.2) is 48.7 Å². The standard InChI is InChI=1S/C28H30F4N6O/c1-37-8-10-38(11-9-37)17-20-4-6-23(14-24(20)28(30,31)32)36-26(39)7-5-18-2-3-19(13-25(18)29)22-12-21(15-33)27(34)35-16-22/h2-4,6,12-16,33H,5,7-11,17H2,1H3,(H2,34,35)(H,36,39). The highest BCUT2D eigenvalue weighted by Crippen LogP contribution is 2.34. The molecule has 0 bridgehead atoms. The summed E-state index contributed by atoms with van der Waals surface area (Å²) < 4.78 is 56.2. The Bertz CT molecular complexity index is 1350. The first-order chi connectivity index (χ1) is 18.5. The number of nitrogens with one attached hydrogen (secondary N) is 2. The molecule has 1 aliphatic heterocycles. The molecule has 1 aromatic heterocycles. The van der Waals surface area contributed by atoms with Gasteiger partial charge in [0.05, 0.1) is 5.56 Å². The van der Waals surface area contributed by atoms with Crippen LogP contribution in [0.3, 0.4) is 0 Å². The van der Waals surface area contributed by atoms with Crippen LogP contribution in [0.4, 0.5) is 29.1 Å². The van der Waals surface area contributed by atoms with E-state index in [4.69, 9.17) is 11.1 Å². The number of hydrogen-bond acceptors (Lipinski definition) is 6. The topological polar surface area (TPSA) is 98.3 Å². The summed E-state index contributed by atoms with van der Waals surface area (Å²) in [6.45, 7) is 3.14. The summed E-state index contributed by atoms with van der Waals surface area (Å²) in [6.07, 6.45) is -2.06. The van der Waals surface area contributed by atoms with Gasteiger partial charge >= 0.3 is 6.18 Å². The fraction of sp³-hybridized carbons (Fsp3) is 0.321. The molecule has 0 saturated carbocycles. The molecule has 4 rings (SSSR count). The predicted octanol–water partition coefficient (Wildman–Crippen LogP) is 4.81. The van der Waals surface area contributed by atoms with Gasteiger partial charge in [0.15, 0.2) is 0 Å². The number of halogens is 4. The second-order valence-corrected chi connectivity index (χ2v) is 9.65. The van der Waals surface area contributed by atoms with E-state index < -0.39 is 23.5 Å². The van der Waals surface area contributed by atoms with Gasteiger partial charge in [0.25, 0.3) is 0 Å². The van der Waals surface area contributed by atoms with Crippen LogP contribution in [-0.2, 0) is 23.9 Å². The summed E-state index contributed by atoms with van der Waals surface area (Å²) in [5.74, 6) is -0.846. The summed E-state index contributed by atoms with van der Waals surface area (Å²) in [6, 6.07) is 10.00. The van der Waals surface area contributed by atoms with Crippen LogP contribution in [0.1, 0.15) is 28.7 Å². The summed E-state index contributed by atoms with van der Waals surface area (Å²) in [4.78, 5) is 20.6. The van der Waals surface area contributed by atoms with E-state index in [0.717, 1.165) is 25.4 Å². The molecule has 39 heavy (non-hydrogen) atoms. The van der Waals surface area contributed by atoms with E-state index in [2.05, 4.69) is 15.2 Å². The van der Waals surface area contributed by atoms with Crippen molar-refractivity contribution < 1.29 is 22.4 Å². The first-order valence-electron chi connectivity index (χ1n) is 12.5. The maximum absolute atomic E-state index is 14.8. The fourth-order valence-corrected chi connectivity index (χ4v) is 4.47. The number of hydrogen-bond donors (Lipinski definition) is 3. The lowest BCUT2D eigenvalue weighted by molar-refractivity contribution is -0.138. The quantitative estimate of drug-likeness (QED) is 0.281. The molecule has 4 N–H and O–H groups in total. The van der Waals surface area contributed by atoms with Gasteiger partial charge in [0, 0.05) is 68.4 Å². The molecule has 0 atom stereocenters. The molecule has 0 unspecified atom stereocenters. The minimum atomic E-state index is -4.56. The number of aryl methyl sites for hydroxylation is 1. The molecule has 11 heteroatoms. The van der Waals surface area contributed by atoms with Crippen LogP contribution in [0.25, 0.3) is 11.1 Å². The van der Waals surface area contributed by atoms with E-state index in [1.807, 2.05) is 11.9 Å². The molecular formula is C28H30F4N6O. The van der Waals surface area contributed by atoms with Gasteiger partial charge in [-0.3, -0.25) is 9.69 Å². The number of carbonyl (C=O) groups excluding carboxylic acids is 1. The van der Waals surface area contributed by atoms with Crippen LogP contribution in [0.2, 0.25) is 0 Å². The van der Waals surface area contributed by atoms with Crippen molar-refractivity contribution in [2.75, 3.05) is 44.3 Å². The van der Waals surface area contributed by atoms with Crippen LogP contribution in [0.5, 0.6) is 0 Å². The number of anilines is 2. The zero-order chi connectivity index (χ0) is 28.2. The molecule has 1 amide bonds. The van der Waals surface area contributed by atoms with Crippen LogP contribution in [0, 0.1) is 11.2 Å². The molecule has 2 aromatic carbocycles. The first-order valence-corrected chi connectivity index (χ1v) is 12.5. The zero-order valence-corrected chi connectivity index (χ0v) is 21.5. The number of likely N-dealkylation sites (N-methyl/N-ethyl adjacent to an activating group) is 1. The maximum atomic E-state index is 14.8. The highest BCUT2D eigenvalue weighted by atomic mass is 19.4. The number of amides is 1. The predicted molar refractivity (Wildman–Crippen MR) is 143 cm³/mol. The highest BCUT2D eigenvalue weighted by molar-refractivity contribution is 5.91. The Balaban J connectivity index is 1.40. The van der Waals surface area contributed by atoms with Gasteiger partial charge in [-0.1, -0.05) is 18.2 Å². The second kappa shape index (κ2) is 11.9. The molecular weight excluding hydrogens is 512 g/mol. The third-order valence-electron chi connectivity index (χ3n) is 6.80. The lowest BCUT2D eigenvalue weighted by atomic mass is 10.0. The Morgan fingerprint density at radius 1 is 1.08 bits per heavy atom. The van der Waals surface area contributed by atoms with Gasteiger partial charge in [-0.05, 0) is 54.4 Å². The number of carbonyl (C=O) groups is 1. The van der Waals surface area contributed by atoms with Crippen molar-refractivity contribution in [1.82, 2.24) is 14.8 Å². The van der Waals surface area contributed by atoms with E-state index in [0.29, 0.717) is 35.3 Å². The summed E-state index contributed by atoms with van der Waals surface area (Å²) in [5.41, 5.74) is 6.96. The van der Waals surface area contributed by atoms with Crippen molar-refractivity contribution in [2.24, 2.45) is 0 Å². The van der Waals surface area contributed by atoms with Crippen LogP contribution < -0.4 is 11.1 Å². The number of aromatic nitrogens is 1. The van der Waals surface area contributed by atoms with E-state index >= 15 is 0 Å². The minimum absolute atomic E-state index is 0.0446. The first kappa shape index (κ1) is 28.2. The number of pyridine rings is 1. The Kier molecular flexibility index (Phi) is 8.61. The Morgan fingerprint density at radius 2 is 1.79 bits per heavy atom. The number of piperazine rings is 1. The number of nitrogen functional groups attached to an aromatic ring is 1. The van der Waals surface area contributed by atoms with E-state index in [1.165, 1.54) is 24.4 Å². The third kappa shape index (κ3) is 7.18. The Morgan fingerprint density at radius 3 is 2.46 bits per heavy atom. The molecule has 7 nitrogen and oxygen atoms in total. The zero-order valence-electron chi connectivity index (χ0n) is 21.5. The second-order valence-electron chi connectivity index (χ2n) is 9.65. The van der Waals surface area contributed by atoms with Crippen molar-refractivity contribution >= 4 is 23.6 Å². The Hall–Kier alpha value is -3.83. The largest absolute Gasteiger partial charge is 0.416 e. The third-order valence-corrected chi connectivity index (χ3v) is 6.80. The van der Waals surface area contributed by atoms with Gasteiger partial charge in [-0.25, -0.2) is 9.37 Å². The molecule has 0 aliphatic carbocycles. The molecule has 206 valence electrons. The molecule has 2 heterocycles. The summed E-state index contributed by atoms with van der Waals surface area (Å²) in [5, 5.41) is 9.90. The van der Waals surface area contributed by atoms with Gasteiger partial charge in [-0.15, -0.1) is 0 Å². The van der Waals surface area contributed by atoms with Gasteiger partial charge in [-0.2, -0.15) is 13.2 Å². The van der Waals surface area contributed by atoms with Gasteiger partial charge < -0.3 is 21.4 Å². The molecule has 1 saturated heterocycles. The molecule has 1 fully saturated rings. The SMILES string of the molecule is CN1CCN(Cc2ccc(NC(=O)CCc3ccc(-c4cnc(N)c(C=N)c4)cc3F)cc2C(F)(F)F)CC1. The van der Waals surface area contributed by atoms with Crippen molar-refractivity contribution in [1.29, 1.82) is 5.41 Å². The monoisotopic (exact) mass is 542 g/mol. The molecule has 0 spiro atoms. The van der Waals surface area contributed by atoms with Crippen molar-refractivity contribution in [3.05, 3.63) is 76.7 Å². The fourth-order valence-electron chi connectivity index (χ4n) is 4.47. The van der Waals surface area contributed by atoms with E-state index in [-0.39, 0.29) is 36.5 Å². The van der Waals surface area contributed by atoms with Crippen LogP contribution >= 0.6 is 0 Å². The van der Waals surface area contributed by atoms with Crippen molar-refractivity contribution in [2.45, 2.75) is 25.6 Å². The number of benzene rings is 2. The lowest BCUT2D eigenvalue weighted by Gasteiger charge is -2.33. The Labute approximate surface area is 224 Å². The number of rotatable bonds is 8. The van der Waals surface area contributed by atoms with Gasteiger partial charge in [0.2, 0.25) is 5.91 Å². The van der Waals surface area contributed by atoms with Crippen molar-refractivity contribution in [3.8, 4) is 11.1 Å². The minimum Gasteiger partial charge on any atom is -0.383 e. The van der Waals surface area contributed by atoms with E-state index in [9.17, 15) is 22.4 Å². The average molecular weight is 543 g/mol. The average Bonchev–Trinajstić information content (AvgIpc) is 2.90. The van der Waals surface area contributed by atoms with E-state index in [1.54, 1.807) is 18.2 Å². The number of nitrogens with zero attached hydrogens (tertiary/aromatic N) is 3. The maximum Gasteiger partial charge on any atom is 0.416 e. The lowest BCUT2D eigenvalue weighted by Crippen LogP contribution is -2.44. The summed E-state index contributed by atoms with van der Waals surface area (Å²) >= 11 is 0. The van der Waals surface area contributed by atoms with Crippen LogP contribution in [-0.4, -0.2) is 60.1 Å². The molecule has 1 aliphatic rings. The normalized spacial score (nSPS) is 14.8. The number of alkyl halides is 3. The molecule has 3 aromatic rings. The van der Waals surface area contributed by atoms with Gasteiger partial charge in [0.1, 0.15) is 11.6 Å².